The third-order valence-corrected chi connectivity index (χ3v) is 2.73. The van der Waals surface area contributed by atoms with E-state index >= 15 is 0 Å². The van der Waals surface area contributed by atoms with Crippen molar-refractivity contribution in [2.45, 2.75) is 20.8 Å². The molecule has 0 aliphatic heterocycles. The molecule has 5 nitrogen and oxygen atoms in total. The molecule has 0 radical (unpaired) electrons. The van der Waals surface area contributed by atoms with Crippen molar-refractivity contribution < 1.29 is 0 Å². The highest BCUT2D eigenvalue weighted by atomic mass is 35.5. The highest BCUT2D eigenvalue weighted by Gasteiger charge is 2.12. The van der Waals surface area contributed by atoms with Crippen LogP contribution < -0.4 is 5.32 Å². The summed E-state index contributed by atoms with van der Waals surface area (Å²) in [6.07, 6.45) is 0. The van der Waals surface area contributed by atoms with Gasteiger partial charge in [0.25, 0.3) is 0 Å². The number of fused-ring (bicyclic) bond motifs is 1. The second-order valence-corrected chi connectivity index (χ2v) is 3.69. The van der Waals surface area contributed by atoms with Crippen LogP contribution in [0.2, 0.25) is 5.15 Å². The van der Waals surface area contributed by atoms with E-state index in [4.69, 9.17) is 11.6 Å². The van der Waals surface area contributed by atoms with Crippen LogP contribution in [0.5, 0.6) is 0 Å². The number of halogens is 1. The number of hydrogen-bond acceptors (Lipinski definition) is 4. The third-order valence-electron chi connectivity index (χ3n) is 2.37. The summed E-state index contributed by atoms with van der Waals surface area (Å²) in [5, 5.41) is 15.8. The Morgan fingerprint density at radius 2 is 2.00 bits per heavy atom. The van der Waals surface area contributed by atoms with Crippen molar-refractivity contribution in [3.63, 3.8) is 0 Å². The number of anilines is 1. The van der Waals surface area contributed by atoms with E-state index in [1.54, 1.807) is 4.52 Å². The summed E-state index contributed by atoms with van der Waals surface area (Å²) in [7, 11) is 0. The molecule has 2 aromatic heterocycles. The molecule has 6 heteroatoms. The molecule has 0 aliphatic carbocycles. The summed E-state index contributed by atoms with van der Waals surface area (Å²) in [5.74, 6) is 0.623. The lowest BCUT2D eigenvalue weighted by Crippen LogP contribution is -2.05. The van der Waals surface area contributed by atoms with Gasteiger partial charge in [0, 0.05) is 12.1 Å². The zero-order valence-corrected chi connectivity index (χ0v) is 9.63. The number of aryl methyl sites for hydroxylation is 1. The normalized spacial score (nSPS) is 10.9. The Labute approximate surface area is 92.5 Å². The van der Waals surface area contributed by atoms with Gasteiger partial charge in [-0.15, -0.1) is 10.2 Å². The van der Waals surface area contributed by atoms with Crippen molar-refractivity contribution in [3.05, 3.63) is 16.3 Å². The van der Waals surface area contributed by atoms with E-state index in [2.05, 4.69) is 20.6 Å². The molecular weight excluding hydrogens is 214 g/mol. The van der Waals surface area contributed by atoms with Gasteiger partial charge in [-0.25, -0.2) is 0 Å². The van der Waals surface area contributed by atoms with Gasteiger partial charge < -0.3 is 5.32 Å². The molecule has 80 valence electrons. The van der Waals surface area contributed by atoms with E-state index in [1.165, 1.54) is 0 Å². The van der Waals surface area contributed by atoms with Crippen molar-refractivity contribution in [2.24, 2.45) is 0 Å². The fraction of sp³-hybridized carbons (Fsp3) is 0.444. The maximum atomic E-state index is 6.01. The zero-order chi connectivity index (χ0) is 11.0. The van der Waals surface area contributed by atoms with Crippen LogP contribution in [0, 0.1) is 13.8 Å². The zero-order valence-electron chi connectivity index (χ0n) is 8.87. The van der Waals surface area contributed by atoms with Crippen LogP contribution in [0.4, 0.5) is 5.95 Å². The van der Waals surface area contributed by atoms with E-state index in [-0.39, 0.29) is 0 Å². The Bertz CT molecular complexity index is 505. The van der Waals surface area contributed by atoms with Crippen molar-refractivity contribution in [3.8, 4) is 0 Å². The number of nitrogens with one attached hydrogen (secondary N) is 1. The van der Waals surface area contributed by atoms with Crippen LogP contribution in [-0.2, 0) is 0 Å². The average molecular weight is 226 g/mol. The van der Waals surface area contributed by atoms with E-state index in [9.17, 15) is 0 Å². The second-order valence-electron chi connectivity index (χ2n) is 3.33. The summed E-state index contributed by atoms with van der Waals surface area (Å²) >= 11 is 6.01. The molecule has 15 heavy (non-hydrogen) atoms. The Morgan fingerprint density at radius 3 is 2.67 bits per heavy atom. The second kappa shape index (κ2) is 3.66. The Hall–Kier alpha value is -1.36. The topological polar surface area (TPSA) is 55.1 Å². The van der Waals surface area contributed by atoms with Crippen LogP contribution in [0.1, 0.15) is 18.1 Å². The smallest absolute Gasteiger partial charge is 0.246 e. The summed E-state index contributed by atoms with van der Waals surface area (Å²) in [4.78, 5) is 0. The number of hydrogen-bond donors (Lipinski definition) is 1. The lowest BCUT2D eigenvalue weighted by Gasteiger charge is -2.04. The first-order valence-electron chi connectivity index (χ1n) is 4.77. The number of nitrogens with zero attached hydrogens (tertiary/aromatic N) is 4. The maximum Gasteiger partial charge on any atom is 0.246 e. The minimum atomic E-state index is 0.485. The molecule has 2 rings (SSSR count). The van der Waals surface area contributed by atoms with Crippen LogP contribution >= 0.6 is 11.6 Å². The Kier molecular flexibility index (Phi) is 2.48. The average Bonchev–Trinajstić information content (AvgIpc) is 2.59. The van der Waals surface area contributed by atoms with Gasteiger partial charge in [0.05, 0.1) is 0 Å². The third kappa shape index (κ3) is 1.52. The lowest BCUT2D eigenvalue weighted by molar-refractivity contribution is 0.906. The summed E-state index contributed by atoms with van der Waals surface area (Å²) in [5.41, 5.74) is 2.69. The molecule has 0 aromatic carbocycles. The Balaban J connectivity index is 2.71. The monoisotopic (exact) mass is 225 g/mol. The highest BCUT2D eigenvalue weighted by Crippen LogP contribution is 2.20. The molecule has 2 aromatic rings. The number of rotatable bonds is 2. The van der Waals surface area contributed by atoms with Gasteiger partial charge in [0.1, 0.15) is 0 Å². The standard InChI is InChI=1S/C9H12ClN5/c1-4-11-9-13-12-8-6(3)5(2)7(10)14-15(8)9/h4H2,1-3H3,(H,11,13). The molecule has 0 spiro atoms. The molecule has 0 aliphatic rings. The van der Waals surface area contributed by atoms with Gasteiger partial charge in [-0.2, -0.15) is 9.61 Å². The maximum absolute atomic E-state index is 6.01. The van der Waals surface area contributed by atoms with E-state index < -0.39 is 0 Å². The molecule has 1 N–H and O–H groups in total. The fourth-order valence-electron chi connectivity index (χ4n) is 1.36. The van der Waals surface area contributed by atoms with Crippen LogP contribution in [0.25, 0.3) is 5.65 Å². The van der Waals surface area contributed by atoms with Gasteiger partial charge in [-0.05, 0) is 26.3 Å². The van der Waals surface area contributed by atoms with E-state index in [0.29, 0.717) is 11.1 Å². The molecule has 0 bridgehead atoms. The first kappa shape index (κ1) is 10.2. The molecule has 0 amide bonds. The minimum absolute atomic E-state index is 0.485. The minimum Gasteiger partial charge on any atom is -0.353 e. The Morgan fingerprint density at radius 1 is 1.27 bits per heavy atom. The summed E-state index contributed by atoms with van der Waals surface area (Å²) in [6.45, 7) is 6.64. The summed E-state index contributed by atoms with van der Waals surface area (Å²) < 4.78 is 1.63. The predicted octanol–water partition coefficient (Wildman–Crippen LogP) is 1.83. The van der Waals surface area contributed by atoms with Crippen molar-refractivity contribution in [2.75, 3.05) is 11.9 Å². The first-order chi connectivity index (χ1) is 7.15. The highest BCUT2D eigenvalue weighted by molar-refractivity contribution is 6.30. The molecule has 0 unspecified atom stereocenters. The van der Waals surface area contributed by atoms with Crippen LogP contribution in [0.15, 0.2) is 0 Å². The van der Waals surface area contributed by atoms with Gasteiger partial charge in [0.2, 0.25) is 5.95 Å². The first-order valence-corrected chi connectivity index (χ1v) is 5.15. The van der Waals surface area contributed by atoms with Crippen molar-refractivity contribution in [1.29, 1.82) is 0 Å². The van der Waals surface area contributed by atoms with Crippen molar-refractivity contribution >= 4 is 23.2 Å². The molecule has 0 saturated carbocycles. The molecule has 0 fully saturated rings. The lowest BCUT2D eigenvalue weighted by atomic mass is 10.2. The van der Waals surface area contributed by atoms with Crippen LogP contribution in [-0.4, -0.2) is 26.4 Å². The largest absolute Gasteiger partial charge is 0.353 e. The van der Waals surface area contributed by atoms with E-state index in [0.717, 1.165) is 23.3 Å². The predicted molar refractivity (Wildman–Crippen MR) is 59.4 cm³/mol. The SMILES string of the molecule is CCNc1nnc2c(C)c(C)c(Cl)nn12. The quantitative estimate of drug-likeness (QED) is 0.847. The van der Waals surface area contributed by atoms with Gasteiger partial charge in [-0.3, -0.25) is 0 Å². The molecule has 0 saturated heterocycles. The molecular formula is C9H12ClN5. The molecule has 2 heterocycles. The van der Waals surface area contributed by atoms with Crippen molar-refractivity contribution in [1.82, 2.24) is 19.8 Å². The van der Waals surface area contributed by atoms with Gasteiger partial charge >= 0.3 is 0 Å². The van der Waals surface area contributed by atoms with E-state index in [1.807, 2.05) is 20.8 Å². The van der Waals surface area contributed by atoms with Gasteiger partial charge in [0.15, 0.2) is 10.8 Å². The summed E-state index contributed by atoms with van der Waals surface area (Å²) in [6, 6.07) is 0. The fourth-order valence-corrected chi connectivity index (χ4v) is 1.58. The molecule has 0 atom stereocenters. The van der Waals surface area contributed by atoms with Crippen LogP contribution in [0.3, 0.4) is 0 Å². The number of aromatic nitrogens is 4. The van der Waals surface area contributed by atoms with Gasteiger partial charge in [-0.1, -0.05) is 11.6 Å².